The van der Waals surface area contributed by atoms with Crippen LogP contribution in [0.3, 0.4) is 0 Å². The van der Waals surface area contributed by atoms with E-state index in [9.17, 15) is 14.7 Å². The number of aliphatic hydroxyl groups is 1. The smallest absolute Gasteiger partial charge is 0.330 e. The summed E-state index contributed by atoms with van der Waals surface area (Å²) in [5.41, 5.74) is 1.01. The zero-order valence-electron chi connectivity index (χ0n) is 17.1. The van der Waals surface area contributed by atoms with Gasteiger partial charge in [0.05, 0.1) is 19.3 Å². The van der Waals surface area contributed by atoms with Crippen molar-refractivity contribution in [2.24, 2.45) is 5.92 Å². The maximum atomic E-state index is 11.4. The molecule has 7 heteroatoms. The predicted molar refractivity (Wildman–Crippen MR) is 111 cm³/mol. The fraction of sp³-hybridized carbons (Fsp3) is 0.714. The third kappa shape index (κ3) is 7.26. The number of methoxy groups -OCH3 is 1. The SMILES string of the molecule is COC(=O)C=C(C)CCC=CC(C)CCC1CCCC(O)(C2CSC(=O)N2)O1. The third-order valence-corrected chi connectivity index (χ3v) is 6.21. The molecular formula is C21H33NO5S. The Morgan fingerprint density at radius 3 is 3.00 bits per heavy atom. The van der Waals surface area contributed by atoms with Crippen LogP contribution >= 0.6 is 11.8 Å². The third-order valence-electron chi connectivity index (χ3n) is 5.33. The van der Waals surface area contributed by atoms with E-state index < -0.39 is 5.79 Å². The van der Waals surface area contributed by atoms with Crippen molar-refractivity contribution in [3.05, 3.63) is 23.8 Å². The molecule has 0 radical (unpaired) electrons. The molecule has 4 unspecified atom stereocenters. The number of esters is 1. The number of rotatable bonds is 9. The molecule has 2 saturated heterocycles. The van der Waals surface area contributed by atoms with Crippen molar-refractivity contribution in [1.82, 2.24) is 5.32 Å². The Hall–Kier alpha value is -1.31. The van der Waals surface area contributed by atoms with Crippen molar-refractivity contribution in [3.63, 3.8) is 0 Å². The highest BCUT2D eigenvalue weighted by Crippen LogP contribution is 2.35. The Kier molecular flexibility index (Phi) is 9.05. The quantitative estimate of drug-likeness (QED) is 0.340. The number of nitrogens with one attached hydrogen (secondary N) is 1. The highest BCUT2D eigenvalue weighted by Gasteiger charge is 2.45. The van der Waals surface area contributed by atoms with E-state index >= 15 is 0 Å². The van der Waals surface area contributed by atoms with Gasteiger partial charge in [0.1, 0.15) is 0 Å². The summed E-state index contributed by atoms with van der Waals surface area (Å²) in [7, 11) is 1.38. The van der Waals surface area contributed by atoms with Crippen molar-refractivity contribution < 1.29 is 24.2 Å². The summed E-state index contributed by atoms with van der Waals surface area (Å²) in [5, 5.41) is 13.6. The van der Waals surface area contributed by atoms with Gasteiger partial charge in [-0.25, -0.2) is 4.79 Å². The lowest BCUT2D eigenvalue weighted by Gasteiger charge is -2.40. The van der Waals surface area contributed by atoms with E-state index in [2.05, 4.69) is 29.1 Å². The van der Waals surface area contributed by atoms with Crippen LogP contribution in [0.15, 0.2) is 23.8 Å². The van der Waals surface area contributed by atoms with Gasteiger partial charge < -0.3 is 19.9 Å². The van der Waals surface area contributed by atoms with Crippen LogP contribution < -0.4 is 5.32 Å². The maximum Gasteiger partial charge on any atom is 0.330 e. The fourth-order valence-electron chi connectivity index (χ4n) is 3.59. The first kappa shape index (κ1) is 23.0. The number of hydrogen-bond donors (Lipinski definition) is 2. The average molecular weight is 412 g/mol. The largest absolute Gasteiger partial charge is 0.466 e. The van der Waals surface area contributed by atoms with E-state index in [1.54, 1.807) is 0 Å². The Labute approximate surface area is 172 Å². The maximum absolute atomic E-state index is 11.4. The average Bonchev–Trinajstić information content (AvgIpc) is 3.11. The summed E-state index contributed by atoms with van der Waals surface area (Å²) < 4.78 is 10.6. The molecule has 1 amide bonds. The van der Waals surface area contributed by atoms with Crippen molar-refractivity contribution in [1.29, 1.82) is 0 Å². The van der Waals surface area contributed by atoms with Crippen LogP contribution in [-0.2, 0) is 14.3 Å². The van der Waals surface area contributed by atoms with Gasteiger partial charge in [-0.3, -0.25) is 4.79 Å². The zero-order chi connectivity index (χ0) is 20.6. The van der Waals surface area contributed by atoms with Crippen LogP contribution in [-0.4, -0.2) is 47.1 Å². The first-order valence-electron chi connectivity index (χ1n) is 10.1. The minimum atomic E-state index is -1.23. The molecule has 2 aliphatic rings. The van der Waals surface area contributed by atoms with Crippen molar-refractivity contribution in [3.8, 4) is 0 Å². The second-order valence-electron chi connectivity index (χ2n) is 7.81. The molecule has 0 aromatic heterocycles. The number of thioether (sulfide) groups is 1. The molecular weight excluding hydrogens is 378 g/mol. The molecule has 0 bridgehead atoms. The van der Waals surface area contributed by atoms with Crippen LogP contribution in [0.5, 0.6) is 0 Å². The molecule has 4 atom stereocenters. The minimum absolute atomic E-state index is 0.0299. The van der Waals surface area contributed by atoms with E-state index in [0.717, 1.165) is 44.1 Å². The van der Waals surface area contributed by atoms with E-state index in [4.69, 9.17) is 4.74 Å². The van der Waals surface area contributed by atoms with E-state index in [-0.39, 0.29) is 23.4 Å². The van der Waals surface area contributed by atoms with Crippen LogP contribution in [0.25, 0.3) is 0 Å². The zero-order valence-corrected chi connectivity index (χ0v) is 17.9. The Morgan fingerprint density at radius 1 is 1.54 bits per heavy atom. The molecule has 0 aromatic rings. The molecule has 2 aliphatic heterocycles. The fourth-order valence-corrected chi connectivity index (χ4v) is 4.48. The van der Waals surface area contributed by atoms with E-state index in [1.807, 2.05) is 6.92 Å². The van der Waals surface area contributed by atoms with E-state index in [1.165, 1.54) is 24.9 Å². The number of carbonyl (C=O) groups excluding carboxylic acids is 2. The van der Waals surface area contributed by atoms with Crippen LogP contribution in [0.1, 0.15) is 58.8 Å². The van der Waals surface area contributed by atoms with Crippen molar-refractivity contribution in [2.75, 3.05) is 12.9 Å². The van der Waals surface area contributed by atoms with Gasteiger partial charge in [-0.2, -0.15) is 0 Å². The normalized spacial score (nSPS) is 29.7. The molecule has 0 spiro atoms. The van der Waals surface area contributed by atoms with E-state index in [0.29, 0.717) is 18.1 Å². The number of hydrogen-bond acceptors (Lipinski definition) is 6. The topological polar surface area (TPSA) is 84.9 Å². The van der Waals surface area contributed by atoms with Crippen molar-refractivity contribution in [2.45, 2.75) is 76.7 Å². The van der Waals surface area contributed by atoms with Gasteiger partial charge in [0.15, 0.2) is 5.79 Å². The lowest BCUT2D eigenvalue weighted by atomic mass is 9.92. The second-order valence-corrected chi connectivity index (χ2v) is 8.80. The summed E-state index contributed by atoms with van der Waals surface area (Å²) >= 11 is 1.21. The first-order chi connectivity index (χ1) is 13.3. The summed E-state index contributed by atoms with van der Waals surface area (Å²) in [4.78, 5) is 22.6. The molecule has 2 N–H and O–H groups in total. The van der Waals surface area contributed by atoms with Gasteiger partial charge in [-0.15, -0.1) is 0 Å². The number of ether oxygens (including phenoxy) is 2. The molecule has 28 heavy (non-hydrogen) atoms. The summed E-state index contributed by atoms with van der Waals surface area (Å²) in [5.74, 6) is -0.557. The van der Waals surface area contributed by atoms with Gasteiger partial charge >= 0.3 is 5.97 Å². The second kappa shape index (κ2) is 11.0. The van der Waals surface area contributed by atoms with Crippen LogP contribution in [0.4, 0.5) is 4.79 Å². The van der Waals surface area contributed by atoms with Crippen LogP contribution in [0.2, 0.25) is 0 Å². The lowest BCUT2D eigenvalue weighted by molar-refractivity contribution is -0.264. The minimum Gasteiger partial charge on any atom is -0.466 e. The van der Waals surface area contributed by atoms with Gasteiger partial charge in [-0.05, 0) is 51.4 Å². The van der Waals surface area contributed by atoms with Gasteiger partial charge in [-0.1, -0.05) is 36.4 Å². The molecule has 0 aromatic carbocycles. The lowest BCUT2D eigenvalue weighted by Crippen LogP contribution is -2.55. The standard InChI is InChI=1S/C21H33NO5S/c1-15(7-4-5-8-16(2)13-19(23)26-3)10-11-17-9-6-12-21(25,27-17)18-14-28-20(24)22-18/h4,7,13,15,17-18,25H,5-6,8-12,14H2,1-3H3,(H,22,24). The molecule has 2 rings (SSSR count). The summed E-state index contributed by atoms with van der Waals surface area (Å²) in [6.45, 7) is 4.11. The Morgan fingerprint density at radius 2 is 2.32 bits per heavy atom. The van der Waals surface area contributed by atoms with Gasteiger partial charge in [0.2, 0.25) is 0 Å². The van der Waals surface area contributed by atoms with Gasteiger partial charge in [0, 0.05) is 18.2 Å². The monoisotopic (exact) mass is 411 g/mol. The summed E-state index contributed by atoms with van der Waals surface area (Å²) in [6.07, 6.45) is 12.0. The predicted octanol–water partition coefficient (Wildman–Crippen LogP) is 3.94. The summed E-state index contributed by atoms with van der Waals surface area (Å²) in [6, 6.07) is -0.314. The highest BCUT2D eigenvalue weighted by molar-refractivity contribution is 8.14. The molecule has 2 heterocycles. The first-order valence-corrected chi connectivity index (χ1v) is 11.1. The van der Waals surface area contributed by atoms with Crippen molar-refractivity contribution >= 4 is 23.0 Å². The Bertz CT molecular complexity index is 606. The Balaban J connectivity index is 1.70. The highest BCUT2D eigenvalue weighted by atomic mass is 32.2. The molecule has 0 aliphatic carbocycles. The molecule has 158 valence electrons. The number of allylic oxidation sites excluding steroid dienone is 3. The van der Waals surface area contributed by atoms with Crippen LogP contribution in [0, 0.1) is 5.92 Å². The molecule has 6 nitrogen and oxygen atoms in total. The molecule has 2 fully saturated rings. The molecule has 0 saturated carbocycles. The number of carbonyl (C=O) groups is 2. The number of amides is 1. The van der Waals surface area contributed by atoms with Gasteiger partial charge in [0.25, 0.3) is 5.24 Å².